The zero-order chi connectivity index (χ0) is 17.5. The molecule has 0 spiro atoms. The van der Waals surface area contributed by atoms with Gasteiger partial charge in [0.1, 0.15) is 0 Å². The number of aryl methyl sites for hydroxylation is 1. The van der Waals surface area contributed by atoms with Crippen molar-refractivity contribution in [3.63, 3.8) is 0 Å². The number of guanidine groups is 1. The number of benzene rings is 1. The smallest absolute Gasteiger partial charge is 0.193 e. The first-order valence-corrected chi connectivity index (χ1v) is 10.0. The van der Waals surface area contributed by atoms with Crippen LogP contribution < -0.4 is 5.32 Å². The number of rotatable bonds is 6. The van der Waals surface area contributed by atoms with Gasteiger partial charge in [-0.05, 0) is 38.2 Å². The first-order chi connectivity index (χ1) is 12.2. The monoisotopic (exact) mass is 356 g/mol. The summed E-state index contributed by atoms with van der Waals surface area (Å²) in [6, 6.07) is 10.8. The van der Waals surface area contributed by atoms with E-state index in [0.717, 1.165) is 45.0 Å². The van der Waals surface area contributed by atoms with Crippen molar-refractivity contribution in [2.45, 2.75) is 33.1 Å². The molecule has 0 amide bonds. The molecule has 4 nitrogen and oxygen atoms in total. The average molecular weight is 357 g/mol. The van der Waals surface area contributed by atoms with Crippen molar-refractivity contribution in [3.05, 3.63) is 52.0 Å². The van der Waals surface area contributed by atoms with Crippen LogP contribution in [0.3, 0.4) is 0 Å². The highest BCUT2D eigenvalue weighted by atomic mass is 32.1. The Kier molecular flexibility index (Phi) is 6.45. The third-order valence-electron chi connectivity index (χ3n) is 4.54. The molecule has 0 aliphatic carbocycles. The van der Waals surface area contributed by atoms with Gasteiger partial charge in [-0.15, -0.1) is 11.3 Å². The van der Waals surface area contributed by atoms with E-state index in [0.29, 0.717) is 5.92 Å². The minimum absolute atomic E-state index is 0.716. The maximum atomic E-state index is 4.84. The molecule has 1 aliphatic heterocycles. The van der Waals surface area contributed by atoms with E-state index in [4.69, 9.17) is 4.99 Å². The van der Waals surface area contributed by atoms with Crippen molar-refractivity contribution < 1.29 is 0 Å². The molecule has 2 heterocycles. The molecule has 1 aliphatic rings. The van der Waals surface area contributed by atoms with Crippen molar-refractivity contribution in [2.24, 2.45) is 10.9 Å². The van der Waals surface area contributed by atoms with E-state index in [1.807, 2.05) is 6.20 Å². The van der Waals surface area contributed by atoms with Crippen molar-refractivity contribution in [2.75, 3.05) is 26.2 Å². The Labute approximate surface area is 155 Å². The number of aromatic nitrogens is 1. The summed E-state index contributed by atoms with van der Waals surface area (Å²) < 4.78 is 0. The highest BCUT2D eigenvalue weighted by molar-refractivity contribution is 7.11. The van der Waals surface area contributed by atoms with E-state index in [9.17, 15) is 0 Å². The number of hydrogen-bond acceptors (Lipinski definition) is 3. The lowest BCUT2D eigenvalue weighted by Crippen LogP contribution is -2.40. The van der Waals surface area contributed by atoms with Gasteiger partial charge in [0.05, 0.1) is 5.01 Å². The van der Waals surface area contributed by atoms with Crippen molar-refractivity contribution >= 4 is 17.3 Å². The standard InChI is InChI=1S/C20H28N4S/c1-3-21-20(22-11-9-19-23-14-16(2)25-19)24-12-10-18(15-24)13-17-7-5-4-6-8-17/h4-8,14,18H,3,9-13,15H2,1-2H3,(H,21,22). The van der Waals surface area contributed by atoms with Crippen LogP contribution in [0.4, 0.5) is 0 Å². The SMILES string of the molecule is CCNC(=NCCc1ncc(C)s1)N1CCC(Cc2ccccc2)C1. The molecule has 0 saturated carbocycles. The highest BCUT2D eigenvalue weighted by Crippen LogP contribution is 2.21. The lowest BCUT2D eigenvalue weighted by Gasteiger charge is -2.21. The summed E-state index contributed by atoms with van der Waals surface area (Å²) in [7, 11) is 0. The summed E-state index contributed by atoms with van der Waals surface area (Å²) >= 11 is 1.77. The zero-order valence-corrected chi connectivity index (χ0v) is 16.1. The second-order valence-electron chi connectivity index (χ2n) is 6.64. The van der Waals surface area contributed by atoms with E-state index in [1.54, 1.807) is 11.3 Å². The summed E-state index contributed by atoms with van der Waals surface area (Å²) in [5.74, 6) is 1.78. The van der Waals surface area contributed by atoms with E-state index in [2.05, 4.69) is 59.4 Å². The molecule has 25 heavy (non-hydrogen) atoms. The topological polar surface area (TPSA) is 40.5 Å². The molecular weight excluding hydrogens is 328 g/mol. The largest absolute Gasteiger partial charge is 0.357 e. The summed E-state index contributed by atoms with van der Waals surface area (Å²) in [5.41, 5.74) is 1.44. The predicted octanol–water partition coefficient (Wildman–Crippen LogP) is 3.52. The number of likely N-dealkylation sites (tertiary alicyclic amines) is 1. The van der Waals surface area contributed by atoms with Crippen LogP contribution >= 0.6 is 11.3 Å². The first-order valence-electron chi connectivity index (χ1n) is 9.23. The molecular formula is C20H28N4S. The molecule has 0 bridgehead atoms. The van der Waals surface area contributed by atoms with Gasteiger partial charge in [-0.25, -0.2) is 4.98 Å². The Hall–Kier alpha value is -1.88. The van der Waals surface area contributed by atoms with Gasteiger partial charge in [0.2, 0.25) is 0 Å². The molecule has 5 heteroatoms. The number of nitrogens with zero attached hydrogens (tertiary/aromatic N) is 3. The molecule has 0 radical (unpaired) electrons. The third kappa shape index (κ3) is 5.30. The van der Waals surface area contributed by atoms with Crippen LogP contribution in [-0.2, 0) is 12.8 Å². The van der Waals surface area contributed by atoms with Gasteiger partial charge in [0.25, 0.3) is 0 Å². The minimum Gasteiger partial charge on any atom is -0.357 e. The summed E-state index contributed by atoms with van der Waals surface area (Å²) in [4.78, 5) is 13.0. The average Bonchev–Trinajstić information content (AvgIpc) is 3.24. The molecule has 1 N–H and O–H groups in total. The van der Waals surface area contributed by atoms with E-state index >= 15 is 0 Å². The molecule has 1 saturated heterocycles. The first kappa shape index (κ1) is 17.9. The van der Waals surface area contributed by atoms with Crippen LogP contribution in [-0.4, -0.2) is 42.0 Å². The van der Waals surface area contributed by atoms with Crippen LogP contribution in [0.5, 0.6) is 0 Å². The number of aliphatic imine (C=N–C) groups is 1. The fraction of sp³-hybridized carbons (Fsp3) is 0.500. The quantitative estimate of drug-likeness (QED) is 0.636. The second kappa shape index (κ2) is 8.99. The number of nitrogens with one attached hydrogen (secondary N) is 1. The van der Waals surface area contributed by atoms with Gasteiger partial charge in [-0.2, -0.15) is 0 Å². The molecule has 1 aromatic carbocycles. The molecule has 1 unspecified atom stereocenters. The van der Waals surface area contributed by atoms with Gasteiger partial charge < -0.3 is 10.2 Å². The third-order valence-corrected chi connectivity index (χ3v) is 5.52. The fourth-order valence-electron chi connectivity index (χ4n) is 3.34. The fourth-order valence-corrected chi connectivity index (χ4v) is 4.12. The normalized spacial score (nSPS) is 17.9. The van der Waals surface area contributed by atoms with Crippen LogP contribution in [0.2, 0.25) is 0 Å². The van der Waals surface area contributed by atoms with Gasteiger partial charge in [0, 0.05) is 43.7 Å². The maximum absolute atomic E-state index is 4.84. The number of thiazole rings is 1. The highest BCUT2D eigenvalue weighted by Gasteiger charge is 2.24. The van der Waals surface area contributed by atoms with Crippen LogP contribution in [0.25, 0.3) is 0 Å². The lowest BCUT2D eigenvalue weighted by molar-refractivity contribution is 0.460. The van der Waals surface area contributed by atoms with Crippen molar-refractivity contribution in [3.8, 4) is 0 Å². The van der Waals surface area contributed by atoms with Crippen LogP contribution in [0.15, 0.2) is 41.5 Å². The molecule has 1 aromatic heterocycles. The number of hydrogen-bond donors (Lipinski definition) is 1. The van der Waals surface area contributed by atoms with Gasteiger partial charge >= 0.3 is 0 Å². The molecule has 1 atom stereocenters. The second-order valence-corrected chi connectivity index (χ2v) is 7.96. The molecule has 134 valence electrons. The van der Waals surface area contributed by atoms with Crippen LogP contribution in [0.1, 0.15) is 28.8 Å². The Bertz CT molecular complexity index is 680. The Balaban J connectivity index is 1.54. The Morgan fingerprint density at radius 3 is 2.92 bits per heavy atom. The van der Waals surface area contributed by atoms with Crippen LogP contribution in [0, 0.1) is 12.8 Å². The summed E-state index contributed by atoms with van der Waals surface area (Å²) in [5, 5.41) is 4.64. The molecule has 1 fully saturated rings. The summed E-state index contributed by atoms with van der Waals surface area (Å²) in [6.45, 7) is 8.14. The molecule has 2 aromatic rings. The van der Waals surface area contributed by atoms with Gasteiger partial charge in [-0.3, -0.25) is 4.99 Å². The lowest BCUT2D eigenvalue weighted by atomic mass is 9.99. The minimum atomic E-state index is 0.716. The van der Waals surface area contributed by atoms with E-state index in [1.165, 1.54) is 21.9 Å². The van der Waals surface area contributed by atoms with Crippen molar-refractivity contribution in [1.29, 1.82) is 0 Å². The van der Waals surface area contributed by atoms with E-state index < -0.39 is 0 Å². The van der Waals surface area contributed by atoms with E-state index in [-0.39, 0.29) is 0 Å². The van der Waals surface area contributed by atoms with Gasteiger partial charge in [0.15, 0.2) is 5.96 Å². The molecule has 3 rings (SSSR count). The maximum Gasteiger partial charge on any atom is 0.193 e. The summed E-state index contributed by atoms with van der Waals surface area (Å²) in [6.07, 6.45) is 5.28. The Morgan fingerprint density at radius 1 is 1.36 bits per heavy atom. The Morgan fingerprint density at radius 2 is 2.20 bits per heavy atom. The van der Waals surface area contributed by atoms with Gasteiger partial charge in [-0.1, -0.05) is 30.3 Å². The zero-order valence-electron chi connectivity index (χ0n) is 15.2. The predicted molar refractivity (Wildman–Crippen MR) is 106 cm³/mol. The van der Waals surface area contributed by atoms with Crippen molar-refractivity contribution in [1.82, 2.24) is 15.2 Å².